The lowest BCUT2D eigenvalue weighted by Gasteiger charge is -2.28. The Balaban J connectivity index is 0.00000264. The molecule has 0 heterocycles. The van der Waals surface area contributed by atoms with Gasteiger partial charge in [0, 0.05) is 12.1 Å². The van der Waals surface area contributed by atoms with E-state index < -0.39 is 10.0 Å². The zero-order valence-corrected chi connectivity index (χ0v) is 15.0. The highest BCUT2D eigenvalue weighted by molar-refractivity contribution is 7.92. The summed E-state index contributed by atoms with van der Waals surface area (Å²) >= 11 is 0. The van der Waals surface area contributed by atoms with Gasteiger partial charge in [-0.15, -0.1) is 12.4 Å². The number of sulfonamides is 1. The van der Waals surface area contributed by atoms with Crippen LogP contribution in [0.5, 0.6) is 0 Å². The number of rotatable bonds is 5. The molecule has 0 aromatic heterocycles. The van der Waals surface area contributed by atoms with Crippen LogP contribution < -0.4 is 15.8 Å². The number of hydrogen-bond donors (Lipinski definition) is 3. The Morgan fingerprint density at radius 1 is 1.30 bits per heavy atom. The van der Waals surface area contributed by atoms with Crippen molar-refractivity contribution in [2.45, 2.75) is 38.1 Å². The lowest BCUT2D eigenvalue weighted by Crippen LogP contribution is -2.51. The van der Waals surface area contributed by atoms with Gasteiger partial charge in [0.1, 0.15) is 0 Å². The summed E-state index contributed by atoms with van der Waals surface area (Å²) in [7, 11) is -3.38. The molecule has 0 radical (unpaired) electrons. The fraction of sp³-hybridized carbons (Fsp3) is 0.533. The molecule has 1 aliphatic rings. The first-order valence-corrected chi connectivity index (χ1v) is 9.25. The molecule has 1 aromatic carbocycles. The maximum atomic E-state index is 12.4. The third-order valence-corrected chi connectivity index (χ3v) is 4.72. The number of carbonyl (C=O) groups is 1. The van der Waals surface area contributed by atoms with Gasteiger partial charge >= 0.3 is 0 Å². The summed E-state index contributed by atoms with van der Waals surface area (Å²) in [6.45, 7) is 2.20. The summed E-state index contributed by atoms with van der Waals surface area (Å²) in [6, 6.07) is 4.98. The smallest absolute Gasteiger partial charge is 0.251 e. The molecule has 1 aromatic rings. The minimum Gasteiger partial charge on any atom is -0.345 e. The second-order valence-electron chi connectivity index (χ2n) is 6.05. The Bertz CT molecular complexity index is 671. The molecule has 0 atom stereocenters. The van der Waals surface area contributed by atoms with E-state index in [9.17, 15) is 13.2 Å². The van der Waals surface area contributed by atoms with Crippen LogP contribution in [-0.4, -0.2) is 32.7 Å². The van der Waals surface area contributed by atoms with Crippen LogP contribution >= 0.6 is 12.4 Å². The Kier molecular flexibility index (Phi) is 6.44. The topological polar surface area (TPSA) is 101 Å². The fourth-order valence-corrected chi connectivity index (χ4v) is 3.44. The van der Waals surface area contributed by atoms with E-state index in [1.807, 2.05) is 0 Å². The molecule has 23 heavy (non-hydrogen) atoms. The third-order valence-electron chi connectivity index (χ3n) is 4.13. The van der Waals surface area contributed by atoms with Gasteiger partial charge in [-0.1, -0.05) is 18.9 Å². The number of halogens is 1. The van der Waals surface area contributed by atoms with Crippen molar-refractivity contribution in [3.63, 3.8) is 0 Å². The van der Waals surface area contributed by atoms with E-state index >= 15 is 0 Å². The first-order valence-electron chi connectivity index (χ1n) is 7.36. The first kappa shape index (κ1) is 19.7. The SMILES string of the molecule is Cc1ccc(C(=O)NC2(CN)CCCC2)cc1NS(C)(=O)=O.Cl. The van der Waals surface area contributed by atoms with E-state index in [-0.39, 0.29) is 23.9 Å². The number of anilines is 1. The molecule has 0 unspecified atom stereocenters. The van der Waals surface area contributed by atoms with Crippen LogP contribution in [0.4, 0.5) is 5.69 Å². The highest BCUT2D eigenvalue weighted by Crippen LogP contribution is 2.29. The van der Waals surface area contributed by atoms with Crippen LogP contribution in [0.3, 0.4) is 0 Å². The number of amides is 1. The molecule has 1 saturated carbocycles. The Labute approximate surface area is 143 Å². The molecule has 1 fully saturated rings. The Morgan fingerprint density at radius 3 is 2.43 bits per heavy atom. The first-order chi connectivity index (χ1) is 10.2. The van der Waals surface area contributed by atoms with Crippen LogP contribution in [0.2, 0.25) is 0 Å². The van der Waals surface area contributed by atoms with Gasteiger partial charge in [0.2, 0.25) is 10.0 Å². The summed E-state index contributed by atoms with van der Waals surface area (Å²) < 4.78 is 25.2. The lowest BCUT2D eigenvalue weighted by atomic mass is 9.97. The van der Waals surface area contributed by atoms with E-state index in [1.54, 1.807) is 25.1 Å². The number of nitrogens with two attached hydrogens (primary N) is 1. The summed E-state index contributed by atoms with van der Waals surface area (Å²) in [6.07, 6.45) is 4.98. The maximum Gasteiger partial charge on any atom is 0.251 e. The minimum atomic E-state index is -3.38. The zero-order chi connectivity index (χ0) is 16.4. The summed E-state index contributed by atoms with van der Waals surface area (Å²) in [5, 5.41) is 3.03. The van der Waals surface area contributed by atoms with Crippen LogP contribution in [0.1, 0.15) is 41.6 Å². The van der Waals surface area contributed by atoms with E-state index in [0.717, 1.165) is 37.5 Å². The second-order valence-corrected chi connectivity index (χ2v) is 7.80. The number of carbonyl (C=O) groups excluding carboxylic acids is 1. The monoisotopic (exact) mass is 361 g/mol. The van der Waals surface area contributed by atoms with Crippen molar-refractivity contribution in [3.8, 4) is 0 Å². The standard InChI is InChI=1S/C15H23N3O3S.ClH/c1-11-5-6-12(9-13(11)18-22(2,20)21)14(19)17-15(10-16)7-3-4-8-15;/h5-6,9,18H,3-4,7-8,10,16H2,1-2H3,(H,17,19);1H. The van der Waals surface area contributed by atoms with Gasteiger partial charge in [-0.2, -0.15) is 0 Å². The molecule has 1 aliphatic carbocycles. The van der Waals surface area contributed by atoms with Crippen molar-refractivity contribution in [2.24, 2.45) is 5.73 Å². The molecular formula is C15H24ClN3O3S. The fourth-order valence-electron chi connectivity index (χ4n) is 2.82. The average Bonchev–Trinajstić information content (AvgIpc) is 2.89. The van der Waals surface area contributed by atoms with E-state index in [1.165, 1.54) is 0 Å². The van der Waals surface area contributed by atoms with Crippen molar-refractivity contribution < 1.29 is 13.2 Å². The molecule has 0 bridgehead atoms. The zero-order valence-electron chi connectivity index (χ0n) is 13.4. The lowest BCUT2D eigenvalue weighted by molar-refractivity contribution is 0.0903. The molecule has 4 N–H and O–H groups in total. The van der Waals surface area contributed by atoms with E-state index in [0.29, 0.717) is 17.8 Å². The molecule has 0 spiro atoms. The number of aryl methyl sites for hydroxylation is 1. The van der Waals surface area contributed by atoms with Crippen molar-refractivity contribution in [2.75, 3.05) is 17.5 Å². The van der Waals surface area contributed by atoms with E-state index in [2.05, 4.69) is 10.0 Å². The summed E-state index contributed by atoms with van der Waals surface area (Å²) in [5.74, 6) is -0.219. The third kappa shape index (κ3) is 5.09. The van der Waals surface area contributed by atoms with Gasteiger partial charge in [-0.25, -0.2) is 8.42 Å². The predicted molar refractivity (Wildman–Crippen MR) is 94.6 cm³/mol. The van der Waals surface area contributed by atoms with Crippen molar-refractivity contribution in [1.29, 1.82) is 0 Å². The van der Waals surface area contributed by atoms with Crippen molar-refractivity contribution in [3.05, 3.63) is 29.3 Å². The number of nitrogens with one attached hydrogen (secondary N) is 2. The Hall–Kier alpha value is -1.31. The van der Waals surface area contributed by atoms with Crippen LogP contribution in [0, 0.1) is 6.92 Å². The average molecular weight is 362 g/mol. The molecule has 0 aliphatic heterocycles. The van der Waals surface area contributed by atoms with Crippen LogP contribution in [-0.2, 0) is 10.0 Å². The number of benzene rings is 1. The maximum absolute atomic E-state index is 12.4. The molecule has 8 heteroatoms. The predicted octanol–water partition coefficient (Wildman–Crippen LogP) is 1.79. The highest BCUT2D eigenvalue weighted by atomic mass is 35.5. The van der Waals surface area contributed by atoms with Crippen LogP contribution in [0.15, 0.2) is 18.2 Å². The van der Waals surface area contributed by atoms with Crippen molar-refractivity contribution >= 4 is 34.0 Å². The van der Waals surface area contributed by atoms with Crippen LogP contribution in [0.25, 0.3) is 0 Å². The molecule has 0 saturated heterocycles. The highest BCUT2D eigenvalue weighted by Gasteiger charge is 2.34. The number of hydrogen-bond acceptors (Lipinski definition) is 4. The van der Waals surface area contributed by atoms with Gasteiger partial charge < -0.3 is 11.1 Å². The summed E-state index contributed by atoms with van der Waals surface area (Å²) in [5.41, 5.74) is 7.11. The normalized spacial score (nSPS) is 16.5. The molecule has 2 rings (SSSR count). The van der Waals surface area contributed by atoms with E-state index in [4.69, 9.17) is 5.73 Å². The van der Waals surface area contributed by atoms with Gasteiger partial charge in [0.25, 0.3) is 5.91 Å². The second kappa shape index (κ2) is 7.51. The molecule has 1 amide bonds. The summed E-state index contributed by atoms with van der Waals surface area (Å²) in [4.78, 5) is 12.4. The van der Waals surface area contributed by atoms with Gasteiger partial charge in [0.15, 0.2) is 0 Å². The van der Waals surface area contributed by atoms with Crippen molar-refractivity contribution in [1.82, 2.24) is 5.32 Å². The molecular weight excluding hydrogens is 338 g/mol. The molecule has 130 valence electrons. The quantitative estimate of drug-likeness (QED) is 0.744. The van der Waals surface area contributed by atoms with Gasteiger partial charge in [-0.3, -0.25) is 9.52 Å². The van der Waals surface area contributed by atoms with Gasteiger partial charge in [0.05, 0.1) is 17.5 Å². The van der Waals surface area contributed by atoms with Gasteiger partial charge in [-0.05, 0) is 37.5 Å². The Morgan fingerprint density at radius 2 is 1.91 bits per heavy atom. The molecule has 6 nitrogen and oxygen atoms in total. The largest absolute Gasteiger partial charge is 0.345 e. The minimum absolute atomic E-state index is 0.